The largest absolute Gasteiger partial charge is 0.339 e. The van der Waals surface area contributed by atoms with Gasteiger partial charge in [0.05, 0.1) is 27.6 Å². The number of anilines is 2. The third-order valence-electron chi connectivity index (χ3n) is 6.15. The number of benzene rings is 2. The molecule has 4 aromatic rings. The molecule has 8 nitrogen and oxygen atoms in total. The molecule has 0 aliphatic carbocycles. The first kappa shape index (κ1) is 21.1. The van der Waals surface area contributed by atoms with Crippen molar-refractivity contribution in [2.75, 3.05) is 16.2 Å². The van der Waals surface area contributed by atoms with Crippen molar-refractivity contribution in [1.29, 1.82) is 0 Å². The van der Waals surface area contributed by atoms with E-state index >= 15 is 0 Å². The highest BCUT2D eigenvalue weighted by molar-refractivity contribution is 7.92. The molecule has 34 heavy (non-hydrogen) atoms. The molecule has 1 N–H and O–H groups in total. The van der Waals surface area contributed by atoms with E-state index in [1.807, 2.05) is 29.6 Å². The number of sulfonamides is 1. The Morgan fingerprint density at radius 2 is 1.88 bits per heavy atom. The molecule has 0 spiro atoms. The topological polar surface area (TPSA) is 105 Å². The molecule has 0 atom stereocenters. The lowest BCUT2D eigenvalue weighted by Gasteiger charge is -2.25. The molecule has 2 aliphatic heterocycles. The number of nitrogens with one attached hydrogen (secondary N) is 1. The van der Waals surface area contributed by atoms with Gasteiger partial charge in [0.2, 0.25) is 17.6 Å². The number of aryl methyl sites for hydroxylation is 1. The molecule has 6 rings (SSSR count). The molecule has 172 valence electrons. The minimum atomic E-state index is -3.84. The molecule has 1 amide bonds. The number of para-hydroxylation sites is 1. The Morgan fingerprint density at radius 3 is 2.71 bits per heavy atom. The third kappa shape index (κ3) is 3.68. The number of rotatable bonds is 6. The van der Waals surface area contributed by atoms with E-state index in [-0.39, 0.29) is 10.8 Å². The predicted octanol–water partition coefficient (Wildman–Crippen LogP) is 4.03. The number of carbonyl (C=O) groups excluding carboxylic acids is 1. The highest BCUT2D eigenvalue weighted by atomic mass is 32.2. The number of nitrogens with zero attached hydrogens (tertiary/aromatic N) is 3. The summed E-state index contributed by atoms with van der Waals surface area (Å²) in [7, 11) is -3.84. The summed E-state index contributed by atoms with van der Waals surface area (Å²) < 4.78 is 34.9. The minimum absolute atomic E-state index is 0.108. The predicted molar refractivity (Wildman–Crippen MR) is 128 cm³/mol. The van der Waals surface area contributed by atoms with E-state index in [1.54, 1.807) is 29.2 Å². The standard InChI is InChI=1S/C24H20N4O4S2/c29-22-8-7-16-12-18(13-17-9-10-28(22)23(16)17)34(30,31)27-19-5-2-1-4-15(19)14-21-25-24(26-32-21)20-6-3-11-33-20/h1-6,11-13,27H,7-10,14H2. The number of carbonyl (C=O) groups is 1. The van der Waals surface area contributed by atoms with Crippen molar-refractivity contribution >= 4 is 38.6 Å². The number of amides is 1. The van der Waals surface area contributed by atoms with Gasteiger partial charge in [0.15, 0.2) is 0 Å². The fourth-order valence-electron chi connectivity index (χ4n) is 4.55. The molecule has 2 aromatic carbocycles. The molecule has 0 saturated carbocycles. The van der Waals surface area contributed by atoms with Crippen molar-refractivity contribution in [3.8, 4) is 10.7 Å². The molecule has 2 aliphatic rings. The zero-order valence-electron chi connectivity index (χ0n) is 18.0. The van der Waals surface area contributed by atoms with Crippen molar-refractivity contribution in [3.63, 3.8) is 0 Å². The van der Waals surface area contributed by atoms with Crippen LogP contribution in [0.15, 0.2) is 63.3 Å². The SMILES string of the molecule is O=C1CCc2cc(S(=O)(=O)Nc3ccccc3Cc3nc(-c4cccs4)no3)cc3c2N1CC3. The number of thiophene rings is 1. The maximum absolute atomic E-state index is 13.4. The summed E-state index contributed by atoms with van der Waals surface area (Å²) in [5, 5.41) is 5.98. The summed E-state index contributed by atoms with van der Waals surface area (Å²) in [6.07, 6.45) is 1.92. The van der Waals surface area contributed by atoms with Gasteiger partial charge in [0.25, 0.3) is 10.0 Å². The zero-order chi connectivity index (χ0) is 23.3. The van der Waals surface area contributed by atoms with E-state index in [2.05, 4.69) is 14.9 Å². The van der Waals surface area contributed by atoms with E-state index in [4.69, 9.17) is 4.52 Å². The van der Waals surface area contributed by atoms with Gasteiger partial charge in [-0.15, -0.1) is 11.3 Å². The van der Waals surface area contributed by atoms with E-state index in [9.17, 15) is 13.2 Å². The highest BCUT2D eigenvalue weighted by Crippen LogP contribution is 2.38. The van der Waals surface area contributed by atoms with Crippen molar-refractivity contribution in [1.82, 2.24) is 10.1 Å². The number of aromatic nitrogens is 2. The van der Waals surface area contributed by atoms with Crippen LogP contribution in [0.25, 0.3) is 10.7 Å². The lowest BCUT2D eigenvalue weighted by Crippen LogP contribution is -2.33. The van der Waals surface area contributed by atoms with Gasteiger partial charge >= 0.3 is 0 Å². The highest BCUT2D eigenvalue weighted by Gasteiger charge is 2.33. The van der Waals surface area contributed by atoms with Crippen LogP contribution in [-0.2, 0) is 34.1 Å². The second-order valence-corrected chi connectivity index (χ2v) is 10.9. The van der Waals surface area contributed by atoms with E-state index in [1.165, 1.54) is 11.3 Å². The second-order valence-electron chi connectivity index (χ2n) is 8.31. The number of hydrogen-bond donors (Lipinski definition) is 1. The van der Waals surface area contributed by atoms with Crippen LogP contribution in [0, 0.1) is 0 Å². The van der Waals surface area contributed by atoms with Gasteiger partial charge in [-0.1, -0.05) is 29.4 Å². The first-order chi connectivity index (χ1) is 16.5. The molecule has 0 saturated heterocycles. The normalized spacial score (nSPS) is 14.9. The maximum Gasteiger partial charge on any atom is 0.261 e. The Labute approximate surface area is 200 Å². The summed E-state index contributed by atoms with van der Waals surface area (Å²) in [6, 6.07) is 14.4. The van der Waals surface area contributed by atoms with Crippen LogP contribution in [0.4, 0.5) is 11.4 Å². The van der Waals surface area contributed by atoms with Gasteiger partial charge < -0.3 is 9.42 Å². The molecule has 0 radical (unpaired) electrons. The van der Waals surface area contributed by atoms with Crippen LogP contribution in [0.5, 0.6) is 0 Å². The van der Waals surface area contributed by atoms with Crippen LogP contribution >= 0.6 is 11.3 Å². The van der Waals surface area contributed by atoms with Crippen LogP contribution in [0.3, 0.4) is 0 Å². The lowest BCUT2D eigenvalue weighted by molar-refractivity contribution is -0.118. The van der Waals surface area contributed by atoms with Gasteiger partial charge in [0.1, 0.15) is 0 Å². The van der Waals surface area contributed by atoms with Crippen LogP contribution < -0.4 is 9.62 Å². The van der Waals surface area contributed by atoms with Gasteiger partial charge in [-0.3, -0.25) is 9.52 Å². The summed E-state index contributed by atoms with van der Waals surface area (Å²) in [5.74, 6) is 1.03. The zero-order valence-corrected chi connectivity index (χ0v) is 19.7. The van der Waals surface area contributed by atoms with Gasteiger partial charge in [-0.25, -0.2) is 8.42 Å². The molecular formula is C24H20N4O4S2. The smallest absolute Gasteiger partial charge is 0.261 e. The fourth-order valence-corrected chi connectivity index (χ4v) is 6.40. The van der Waals surface area contributed by atoms with Gasteiger partial charge in [0, 0.05) is 13.0 Å². The van der Waals surface area contributed by atoms with Crippen molar-refractivity contribution in [2.45, 2.75) is 30.6 Å². The first-order valence-electron chi connectivity index (χ1n) is 10.9. The van der Waals surface area contributed by atoms with Crippen molar-refractivity contribution < 1.29 is 17.7 Å². The average molecular weight is 493 g/mol. The molecule has 2 aromatic heterocycles. The monoisotopic (exact) mass is 492 g/mol. The second kappa shape index (κ2) is 8.07. The summed E-state index contributed by atoms with van der Waals surface area (Å²) >= 11 is 1.52. The van der Waals surface area contributed by atoms with E-state index in [0.29, 0.717) is 49.6 Å². The molecule has 4 heterocycles. The van der Waals surface area contributed by atoms with E-state index < -0.39 is 10.0 Å². The Kier molecular flexibility index (Phi) is 5.00. The number of hydrogen-bond acceptors (Lipinski definition) is 7. The van der Waals surface area contributed by atoms with Crippen LogP contribution in [0.2, 0.25) is 0 Å². The Balaban J connectivity index is 1.28. The van der Waals surface area contributed by atoms with Crippen LogP contribution in [-0.4, -0.2) is 31.0 Å². The van der Waals surface area contributed by atoms with E-state index in [0.717, 1.165) is 27.3 Å². The maximum atomic E-state index is 13.4. The third-order valence-corrected chi connectivity index (χ3v) is 8.36. The van der Waals surface area contributed by atoms with Crippen molar-refractivity contribution in [3.05, 3.63) is 76.5 Å². The Hall–Kier alpha value is -3.50. The van der Waals surface area contributed by atoms with Crippen molar-refractivity contribution in [2.24, 2.45) is 0 Å². The molecule has 0 fully saturated rings. The minimum Gasteiger partial charge on any atom is -0.339 e. The molecule has 10 heteroatoms. The lowest BCUT2D eigenvalue weighted by atomic mass is 10.00. The quantitative estimate of drug-likeness (QED) is 0.436. The molecule has 0 unspecified atom stereocenters. The summed E-state index contributed by atoms with van der Waals surface area (Å²) in [6.45, 7) is 0.610. The molecule has 0 bridgehead atoms. The molecular weight excluding hydrogens is 472 g/mol. The summed E-state index contributed by atoms with van der Waals surface area (Å²) in [5.41, 5.74) is 3.91. The fraction of sp³-hybridized carbons (Fsp3) is 0.208. The Morgan fingerprint density at radius 1 is 1.06 bits per heavy atom. The Bertz CT molecular complexity index is 1510. The van der Waals surface area contributed by atoms with Crippen LogP contribution in [0.1, 0.15) is 29.0 Å². The first-order valence-corrected chi connectivity index (χ1v) is 13.3. The van der Waals surface area contributed by atoms with Gasteiger partial charge in [-0.2, -0.15) is 4.98 Å². The average Bonchev–Trinajstić information content (AvgIpc) is 3.58. The van der Waals surface area contributed by atoms with Gasteiger partial charge in [-0.05, 0) is 59.2 Å². The summed E-state index contributed by atoms with van der Waals surface area (Å²) in [4.78, 5) is 19.5.